The number of anilines is 2. The van der Waals surface area contributed by atoms with Crippen LogP contribution in [0.4, 0.5) is 11.4 Å². The van der Waals surface area contributed by atoms with Crippen LogP contribution in [0.25, 0.3) is 0 Å². The minimum atomic E-state index is -3.75. The van der Waals surface area contributed by atoms with Gasteiger partial charge in [0.05, 0.1) is 18.0 Å². The summed E-state index contributed by atoms with van der Waals surface area (Å²) < 4.78 is 33.6. The van der Waals surface area contributed by atoms with Crippen LogP contribution < -0.4 is 14.4 Å². The molecule has 0 radical (unpaired) electrons. The molecule has 1 heterocycles. The van der Waals surface area contributed by atoms with Crippen molar-refractivity contribution in [1.29, 1.82) is 0 Å². The second-order valence-electron chi connectivity index (χ2n) is 7.30. The normalized spacial score (nSPS) is 15.7. The number of amides is 1. The fourth-order valence-electron chi connectivity index (χ4n) is 3.36. The summed E-state index contributed by atoms with van der Waals surface area (Å²) in [6.45, 7) is 1.74. The number of carbonyl (C=O) groups excluding carboxylic acids is 1. The van der Waals surface area contributed by atoms with Crippen molar-refractivity contribution in [3.8, 4) is 5.75 Å². The van der Waals surface area contributed by atoms with Crippen LogP contribution in [-0.2, 0) is 20.6 Å². The van der Waals surface area contributed by atoms with Gasteiger partial charge in [0.1, 0.15) is 5.75 Å². The number of ether oxygens (including phenoxy) is 1. The molecular formula is C23H21ClN2O4S. The number of sulfonamides is 1. The number of aryl methyl sites for hydroxylation is 1. The molecule has 1 atom stereocenters. The van der Waals surface area contributed by atoms with Gasteiger partial charge in [-0.2, -0.15) is 0 Å². The van der Waals surface area contributed by atoms with Crippen LogP contribution >= 0.6 is 11.6 Å². The van der Waals surface area contributed by atoms with E-state index in [1.807, 2.05) is 13.0 Å². The van der Waals surface area contributed by atoms with Crippen LogP contribution in [0.2, 0.25) is 5.02 Å². The minimum Gasteiger partial charge on any atom is -0.476 e. The van der Waals surface area contributed by atoms with E-state index in [0.717, 1.165) is 5.56 Å². The molecule has 4 rings (SSSR count). The van der Waals surface area contributed by atoms with Gasteiger partial charge in [0, 0.05) is 10.7 Å². The maximum Gasteiger partial charge on any atom is 0.267 e. The first-order valence-corrected chi connectivity index (χ1v) is 11.7. The highest BCUT2D eigenvalue weighted by atomic mass is 35.5. The predicted octanol–water partition coefficient (Wildman–Crippen LogP) is 4.38. The lowest BCUT2D eigenvalue weighted by Crippen LogP contribution is -2.49. The van der Waals surface area contributed by atoms with Gasteiger partial charge in [0.25, 0.3) is 5.91 Å². The van der Waals surface area contributed by atoms with E-state index in [1.165, 1.54) is 4.31 Å². The van der Waals surface area contributed by atoms with E-state index < -0.39 is 22.0 Å². The van der Waals surface area contributed by atoms with Crippen molar-refractivity contribution in [2.45, 2.75) is 18.8 Å². The topological polar surface area (TPSA) is 75.7 Å². The van der Waals surface area contributed by atoms with Gasteiger partial charge in [-0.25, -0.2) is 8.42 Å². The molecule has 0 aliphatic carbocycles. The fraction of sp³-hybridized carbons (Fsp3) is 0.174. The Bertz CT molecular complexity index is 1220. The number of halogens is 1. The van der Waals surface area contributed by atoms with Gasteiger partial charge >= 0.3 is 0 Å². The van der Waals surface area contributed by atoms with Crippen LogP contribution in [0.3, 0.4) is 0 Å². The Morgan fingerprint density at radius 3 is 2.55 bits per heavy atom. The van der Waals surface area contributed by atoms with Crippen LogP contribution in [0.1, 0.15) is 11.1 Å². The first-order chi connectivity index (χ1) is 14.8. The number of benzene rings is 3. The first-order valence-electron chi connectivity index (χ1n) is 9.70. The van der Waals surface area contributed by atoms with Crippen LogP contribution in [0.5, 0.6) is 5.75 Å². The Labute approximate surface area is 186 Å². The second kappa shape index (κ2) is 8.61. The van der Waals surface area contributed by atoms with Gasteiger partial charge in [-0.3, -0.25) is 9.10 Å². The maximum atomic E-state index is 13.2. The first kappa shape index (κ1) is 21.2. The van der Waals surface area contributed by atoms with Crippen molar-refractivity contribution in [2.24, 2.45) is 0 Å². The Morgan fingerprint density at radius 1 is 1.10 bits per heavy atom. The Morgan fingerprint density at radius 2 is 1.81 bits per heavy atom. The highest BCUT2D eigenvalue weighted by Gasteiger charge is 2.36. The molecular weight excluding hydrogens is 436 g/mol. The molecule has 0 spiro atoms. The third-order valence-corrected chi connectivity index (χ3v) is 7.12. The Hall–Kier alpha value is -3.03. The maximum absolute atomic E-state index is 13.2. The monoisotopic (exact) mass is 456 g/mol. The lowest BCUT2D eigenvalue weighted by atomic mass is 10.2. The fourth-order valence-corrected chi connectivity index (χ4v) is 5.12. The van der Waals surface area contributed by atoms with Crippen molar-refractivity contribution < 1.29 is 17.9 Å². The Kier molecular flexibility index (Phi) is 5.89. The van der Waals surface area contributed by atoms with E-state index in [1.54, 1.807) is 66.7 Å². The molecule has 3 aromatic rings. The molecule has 1 aliphatic heterocycles. The molecule has 0 aromatic heterocycles. The van der Waals surface area contributed by atoms with Crippen LogP contribution in [-0.4, -0.2) is 27.0 Å². The van der Waals surface area contributed by atoms with E-state index in [-0.39, 0.29) is 12.3 Å². The number of hydrogen-bond donors (Lipinski definition) is 1. The lowest BCUT2D eigenvalue weighted by Gasteiger charge is -2.34. The number of nitrogens with zero attached hydrogens (tertiary/aromatic N) is 1. The number of nitrogens with one attached hydrogen (secondary N) is 1. The van der Waals surface area contributed by atoms with Crippen molar-refractivity contribution in [1.82, 2.24) is 0 Å². The van der Waals surface area contributed by atoms with Crippen LogP contribution in [0.15, 0.2) is 72.8 Å². The summed E-state index contributed by atoms with van der Waals surface area (Å²) in [7, 11) is -3.75. The molecule has 8 heteroatoms. The molecule has 0 bridgehead atoms. The van der Waals surface area contributed by atoms with Gasteiger partial charge in [0.2, 0.25) is 10.0 Å². The average molecular weight is 457 g/mol. The molecule has 160 valence electrons. The molecule has 6 nitrogen and oxygen atoms in total. The van der Waals surface area contributed by atoms with Crippen LogP contribution in [0, 0.1) is 6.92 Å². The summed E-state index contributed by atoms with van der Waals surface area (Å²) in [4.78, 5) is 12.9. The van der Waals surface area contributed by atoms with Crippen molar-refractivity contribution in [3.63, 3.8) is 0 Å². The zero-order valence-electron chi connectivity index (χ0n) is 16.8. The molecule has 0 fully saturated rings. The van der Waals surface area contributed by atoms with Gasteiger partial charge < -0.3 is 10.1 Å². The molecule has 1 N–H and O–H groups in total. The van der Waals surface area contributed by atoms with Gasteiger partial charge in [-0.05, 0) is 42.3 Å². The highest BCUT2D eigenvalue weighted by molar-refractivity contribution is 7.92. The Balaban J connectivity index is 1.60. The van der Waals surface area contributed by atoms with Crippen molar-refractivity contribution in [2.75, 3.05) is 16.2 Å². The quantitative estimate of drug-likeness (QED) is 0.618. The SMILES string of the molecule is Cc1ccc(NC(=O)[C@H]2CN(S(=O)(=O)Cc3ccccc3)c3ccccc3O2)cc1Cl. The lowest BCUT2D eigenvalue weighted by molar-refractivity contribution is -0.122. The zero-order chi connectivity index (χ0) is 22.0. The number of rotatable bonds is 5. The van der Waals surface area contributed by atoms with Gasteiger partial charge in [-0.15, -0.1) is 0 Å². The summed E-state index contributed by atoms with van der Waals surface area (Å²) in [5, 5.41) is 3.29. The molecule has 31 heavy (non-hydrogen) atoms. The molecule has 3 aromatic carbocycles. The number of hydrogen-bond acceptors (Lipinski definition) is 4. The van der Waals surface area contributed by atoms with E-state index in [2.05, 4.69) is 5.32 Å². The standard InChI is InChI=1S/C23H21ClN2O4S/c1-16-11-12-18(13-19(16)24)25-23(27)22-14-26(20-9-5-6-10-21(20)30-22)31(28,29)15-17-7-3-2-4-8-17/h2-13,22H,14-15H2,1H3,(H,25,27)/t22-/m1/s1. The van der Waals surface area contributed by atoms with E-state index in [9.17, 15) is 13.2 Å². The molecule has 0 saturated carbocycles. The molecule has 0 saturated heterocycles. The van der Waals surface area contributed by atoms with E-state index >= 15 is 0 Å². The summed E-state index contributed by atoms with van der Waals surface area (Å²) in [6.07, 6.45) is -1.01. The number of para-hydroxylation sites is 2. The van der Waals surface area contributed by atoms with E-state index in [0.29, 0.717) is 27.7 Å². The summed E-state index contributed by atoms with van der Waals surface area (Å²) in [5.41, 5.74) is 2.49. The highest BCUT2D eigenvalue weighted by Crippen LogP contribution is 2.36. The molecule has 1 aliphatic rings. The average Bonchev–Trinajstić information content (AvgIpc) is 2.76. The van der Waals surface area contributed by atoms with Gasteiger partial charge in [0.15, 0.2) is 6.10 Å². The summed E-state index contributed by atoms with van der Waals surface area (Å²) in [6, 6.07) is 20.9. The van der Waals surface area contributed by atoms with Crippen molar-refractivity contribution >= 4 is 38.9 Å². The van der Waals surface area contributed by atoms with Gasteiger partial charge in [-0.1, -0.05) is 60.1 Å². The largest absolute Gasteiger partial charge is 0.476 e. The second-order valence-corrected chi connectivity index (χ2v) is 9.60. The smallest absolute Gasteiger partial charge is 0.267 e. The molecule has 1 amide bonds. The third-order valence-electron chi connectivity index (χ3n) is 4.99. The third kappa shape index (κ3) is 4.68. The minimum absolute atomic E-state index is 0.127. The van der Waals surface area contributed by atoms with Crippen molar-refractivity contribution in [3.05, 3.63) is 88.9 Å². The van der Waals surface area contributed by atoms with E-state index in [4.69, 9.17) is 16.3 Å². The summed E-state index contributed by atoms with van der Waals surface area (Å²) in [5.74, 6) is -0.286. The summed E-state index contributed by atoms with van der Waals surface area (Å²) >= 11 is 6.14. The zero-order valence-corrected chi connectivity index (χ0v) is 18.4. The molecule has 0 unspecified atom stereocenters. The number of carbonyl (C=O) groups is 1. The number of fused-ring (bicyclic) bond motifs is 1. The predicted molar refractivity (Wildman–Crippen MR) is 122 cm³/mol.